The summed E-state index contributed by atoms with van der Waals surface area (Å²) < 4.78 is 16.2. The molecular weight excluding hydrogens is 975 g/mol. The van der Waals surface area contributed by atoms with Gasteiger partial charge in [-0.15, -0.1) is 0 Å². The van der Waals surface area contributed by atoms with E-state index in [1.165, 1.54) is 32.9 Å². The summed E-state index contributed by atoms with van der Waals surface area (Å²) in [5, 5.41) is 4.71. The van der Waals surface area contributed by atoms with Crippen LogP contribution < -0.4 is 13.9 Å². The van der Waals surface area contributed by atoms with Crippen molar-refractivity contribution in [3.63, 3.8) is 0 Å². The summed E-state index contributed by atoms with van der Waals surface area (Å²) in [7, 11) is 0. The second kappa shape index (κ2) is 18.9. The van der Waals surface area contributed by atoms with E-state index in [4.69, 9.17) is 9.72 Å². The molecule has 6 nitrogen and oxygen atoms in total. The summed E-state index contributed by atoms with van der Waals surface area (Å²) in [4.78, 5) is 5.05. The molecule has 0 saturated carbocycles. The van der Waals surface area contributed by atoms with Crippen molar-refractivity contribution < 1.29 is 4.74 Å². The van der Waals surface area contributed by atoms with Crippen LogP contribution in [0.25, 0.3) is 88.5 Å². The van der Waals surface area contributed by atoms with E-state index in [1.54, 1.807) is 0 Å². The molecule has 0 aliphatic carbocycles. The van der Waals surface area contributed by atoms with Gasteiger partial charge < -0.3 is 9.30 Å². The van der Waals surface area contributed by atoms with E-state index in [1.807, 2.05) is 12.3 Å². The van der Waals surface area contributed by atoms with Crippen LogP contribution in [0, 0.1) is 0 Å². The van der Waals surface area contributed by atoms with Crippen LogP contribution in [0.3, 0.4) is 0 Å². The first-order chi connectivity index (χ1) is 38.9. The van der Waals surface area contributed by atoms with Crippen LogP contribution in [0.2, 0.25) is 0 Å². The molecule has 0 radical (unpaired) electrons. The van der Waals surface area contributed by atoms with Crippen molar-refractivity contribution in [3.05, 3.63) is 260 Å². The Kier molecular flexibility index (Phi) is 11.5. The van der Waals surface area contributed by atoms with E-state index in [9.17, 15) is 0 Å². The molecule has 14 rings (SSSR count). The third kappa shape index (κ3) is 8.32. The molecule has 0 fully saturated rings. The van der Waals surface area contributed by atoms with Gasteiger partial charge in [0.15, 0.2) is 0 Å². The van der Waals surface area contributed by atoms with Crippen LogP contribution in [0.15, 0.2) is 249 Å². The van der Waals surface area contributed by atoms with E-state index in [0.29, 0.717) is 5.75 Å². The topological polar surface area (TPSA) is 38.0 Å². The summed E-state index contributed by atoms with van der Waals surface area (Å²) in [6.45, 7) is 13.6. The Morgan fingerprint density at radius 2 is 0.950 bits per heavy atom. The van der Waals surface area contributed by atoms with Crippen molar-refractivity contribution in [3.8, 4) is 56.4 Å². The Hall–Kier alpha value is -9.87. The number of rotatable bonds is 9. The molecule has 3 aromatic heterocycles. The lowest BCUT2D eigenvalue weighted by Crippen LogP contribution is -2.12. The molecule has 0 bridgehead atoms. The molecule has 0 saturated heterocycles. The predicted octanol–water partition coefficient (Wildman–Crippen LogP) is 19.5. The Morgan fingerprint density at radius 3 is 1.64 bits per heavy atom. The molecule has 0 unspecified atom stereocenters. The minimum atomic E-state index is -0.0739. The molecule has 6 heteroatoms. The first-order valence-corrected chi connectivity index (χ1v) is 27.6. The highest BCUT2D eigenvalue weighted by molar-refractivity contribution is 6.12. The van der Waals surface area contributed by atoms with Crippen molar-refractivity contribution in [2.75, 3.05) is 0 Å². The third-order valence-electron chi connectivity index (χ3n) is 15.9. The zero-order chi connectivity index (χ0) is 54.3. The molecule has 0 amide bonds. The van der Waals surface area contributed by atoms with Gasteiger partial charge in [-0.25, -0.2) is 4.98 Å². The van der Waals surface area contributed by atoms with E-state index in [2.05, 4.69) is 302 Å². The van der Waals surface area contributed by atoms with E-state index in [0.717, 1.165) is 95.2 Å². The summed E-state index contributed by atoms with van der Waals surface area (Å²) in [5.41, 5.74) is 18.7. The lowest BCUT2D eigenvalue weighted by molar-refractivity contribution is 0.483. The average molecular weight is 1030 g/mol. The summed E-state index contributed by atoms with van der Waals surface area (Å²) in [6.07, 6.45) is 1.94. The molecule has 384 valence electrons. The molecule has 10 aromatic carbocycles. The van der Waals surface area contributed by atoms with Gasteiger partial charge in [0, 0.05) is 51.6 Å². The monoisotopic (exact) mass is 1030 g/mol. The Morgan fingerprint density at radius 1 is 0.388 bits per heavy atom. The highest BCUT2D eigenvalue weighted by atomic mass is 16.5. The van der Waals surface area contributed by atoms with Crippen LogP contribution in [0.1, 0.15) is 52.7 Å². The first-order valence-electron chi connectivity index (χ1n) is 27.6. The van der Waals surface area contributed by atoms with E-state index >= 15 is 0 Å². The van der Waals surface area contributed by atoms with Gasteiger partial charge in [0.1, 0.15) is 17.3 Å². The van der Waals surface area contributed by atoms with Gasteiger partial charge in [0.2, 0.25) is 11.4 Å². The molecule has 1 aliphatic rings. The number of pyridine rings is 1. The van der Waals surface area contributed by atoms with Gasteiger partial charge in [0.05, 0.1) is 44.8 Å². The number of hydrogen-bond donors (Lipinski definition) is 0. The maximum absolute atomic E-state index is 7.02. The number of hydrogen-bond acceptors (Lipinski definition) is 2. The molecule has 0 atom stereocenters. The highest BCUT2D eigenvalue weighted by Crippen LogP contribution is 2.49. The fourth-order valence-corrected chi connectivity index (χ4v) is 11.8. The molecular formula is C74H59N5O+2. The van der Waals surface area contributed by atoms with Gasteiger partial charge in [-0.2, -0.15) is 0 Å². The molecule has 1 aliphatic heterocycles. The predicted molar refractivity (Wildman–Crippen MR) is 334 cm³/mol. The van der Waals surface area contributed by atoms with Gasteiger partial charge in [-0.05, 0) is 127 Å². The van der Waals surface area contributed by atoms with Gasteiger partial charge in [0.25, 0.3) is 5.69 Å². The van der Waals surface area contributed by atoms with Crippen LogP contribution in [0.5, 0.6) is 11.5 Å². The number of fused-ring (bicyclic) bond motifs is 7. The minimum Gasteiger partial charge on any atom is -0.457 e. The molecule has 80 heavy (non-hydrogen) atoms. The number of benzene rings is 10. The number of para-hydroxylation sites is 4. The largest absolute Gasteiger partial charge is 0.503 e. The lowest BCUT2D eigenvalue weighted by atomic mass is 9.85. The average Bonchev–Trinajstić information content (AvgIpc) is 4.30. The van der Waals surface area contributed by atoms with Crippen molar-refractivity contribution >= 4 is 72.4 Å². The molecule has 4 heterocycles. The maximum Gasteiger partial charge on any atom is 0.503 e. The van der Waals surface area contributed by atoms with Crippen LogP contribution in [0.4, 0.5) is 22.7 Å². The number of ether oxygens (including phenoxy) is 1. The van der Waals surface area contributed by atoms with Crippen molar-refractivity contribution in [1.29, 1.82) is 0 Å². The van der Waals surface area contributed by atoms with Gasteiger partial charge in [-0.1, -0.05) is 181 Å². The Labute approximate surface area is 466 Å². The number of aromatic nitrogens is 3. The lowest BCUT2D eigenvalue weighted by Gasteiger charge is -2.20. The quantitative estimate of drug-likeness (QED) is 0.135. The summed E-state index contributed by atoms with van der Waals surface area (Å²) in [5.74, 6) is 2.28. The fraction of sp³-hybridized carbons (Fsp3) is 0.108. The maximum atomic E-state index is 7.02. The standard InChI is InChI=1S/C74H59N5O/c1-73(2,3)52-26-17-25-51(43-52)60-33-20-36-68-72(60)77(71-58(49-21-9-7-10-22-49)31-19-32-59(71)50-23-11-8-12-24-50)48-76(68)54-27-18-28-56(45-54)80-57-38-39-63-64-46-55(78-65-34-15-13-29-61(65)62-30-14-16-35-66(62)78)37-40-67(64)79(69(63)47-57)70-44-53(41-42-75-70)74(4,5)6/h7-47H,1-6H3/q+2. The zero-order valence-corrected chi connectivity index (χ0v) is 45.8. The SMILES string of the molecule is CC(C)(C)c1cccc(-c2cccc3c2[N+](c2c(-c4ccccc4)cccc2-c2ccccc2)=C=[N+]3c2cccc(Oc3ccc4c5cc(-n6c7ccccc7c7ccccc76)ccc5n(-c5cc(C(C)(C)C)ccn5)c4c3)c2)c1. The second-order valence-corrected chi connectivity index (χ2v) is 23.0. The number of nitrogens with zero attached hydrogens (tertiary/aromatic N) is 5. The minimum absolute atomic E-state index is 0.0357. The zero-order valence-electron chi connectivity index (χ0n) is 45.8. The van der Waals surface area contributed by atoms with Gasteiger partial charge in [-0.3, -0.25) is 4.57 Å². The van der Waals surface area contributed by atoms with Crippen molar-refractivity contribution in [2.45, 2.75) is 52.4 Å². The third-order valence-corrected chi connectivity index (χ3v) is 15.9. The fourth-order valence-electron chi connectivity index (χ4n) is 11.8. The van der Waals surface area contributed by atoms with Crippen molar-refractivity contribution in [1.82, 2.24) is 23.3 Å². The smallest absolute Gasteiger partial charge is 0.457 e. The molecule has 13 aromatic rings. The second-order valence-electron chi connectivity index (χ2n) is 23.0. The summed E-state index contributed by atoms with van der Waals surface area (Å²) >= 11 is 0. The first kappa shape index (κ1) is 48.5. The van der Waals surface area contributed by atoms with Crippen LogP contribution in [-0.4, -0.2) is 20.1 Å². The Balaban J connectivity index is 0.934. The van der Waals surface area contributed by atoms with E-state index < -0.39 is 0 Å². The van der Waals surface area contributed by atoms with Crippen molar-refractivity contribution in [2.24, 2.45) is 0 Å². The summed E-state index contributed by atoms with van der Waals surface area (Å²) in [6, 6.07) is 91.1. The van der Waals surface area contributed by atoms with Gasteiger partial charge >= 0.3 is 11.7 Å². The normalized spacial score (nSPS) is 12.6. The van der Waals surface area contributed by atoms with Crippen LogP contribution in [-0.2, 0) is 10.8 Å². The van der Waals surface area contributed by atoms with E-state index in [-0.39, 0.29) is 10.8 Å². The van der Waals surface area contributed by atoms with Crippen LogP contribution >= 0.6 is 0 Å². The Bertz CT molecular complexity index is 4560. The molecule has 0 N–H and O–H groups in total. The molecule has 0 spiro atoms. The highest BCUT2D eigenvalue weighted by Gasteiger charge is 2.42.